The maximum absolute atomic E-state index is 13.2. The number of rotatable bonds is 9. The average molecular weight is 546 g/mol. The van der Waals surface area contributed by atoms with Crippen molar-refractivity contribution in [2.75, 3.05) is 49.7 Å². The van der Waals surface area contributed by atoms with E-state index in [-0.39, 0.29) is 27.0 Å². The third-order valence-electron chi connectivity index (χ3n) is 5.49. The lowest BCUT2D eigenvalue weighted by molar-refractivity contribution is -0.114. The molecule has 13 heteroatoms. The van der Waals surface area contributed by atoms with Crippen LogP contribution in [0.15, 0.2) is 41.3 Å². The van der Waals surface area contributed by atoms with Crippen LogP contribution in [0.5, 0.6) is 11.5 Å². The van der Waals surface area contributed by atoms with Crippen LogP contribution in [0.2, 0.25) is 5.02 Å². The molecule has 0 spiro atoms. The summed E-state index contributed by atoms with van der Waals surface area (Å²) in [5.74, 6) is -0.165. The Morgan fingerprint density at radius 2 is 1.63 bits per heavy atom. The van der Waals surface area contributed by atoms with Gasteiger partial charge in [0.2, 0.25) is 26.0 Å². The molecular weight excluding hydrogens is 518 g/mol. The first-order valence-electron chi connectivity index (χ1n) is 10.8. The third kappa shape index (κ3) is 6.37. The number of anilines is 2. The van der Waals surface area contributed by atoms with Crippen molar-refractivity contribution in [3.05, 3.63) is 41.4 Å². The fourth-order valence-corrected chi connectivity index (χ4v) is 6.54. The summed E-state index contributed by atoms with van der Waals surface area (Å²) in [4.78, 5) is 12.7. The van der Waals surface area contributed by atoms with Crippen molar-refractivity contribution in [1.29, 1.82) is 0 Å². The Labute approximate surface area is 210 Å². The van der Waals surface area contributed by atoms with Gasteiger partial charge in [-0.15, -0.1) is 0 Å². The lowest BCUT2D eigenvalue weighted by Gasteiger charge is -2.27. The predicted molar refractivity (Wildman–Crippen MR) is 134 cm³/mol. The van der Waals surface area contributed by atoms with E-state index in [1.54, 1.807) is 0 Å². The zero-order valence-corrected chi connectivity index (χ0v) is 22.0. The van der Waals surface area contributed by atoms with Gasteiger partial charge in [0.1, 0.15) is 22.9 Å². The lowest BCUT2D eigenvalue weighted by Crippen LogP contribution is -2.37. The number of carbonyl (C=O) groups is 1. The molecule has 0 bridgehead atoms. The van der Waals surface area contributed by atoms with Crippen LogP contribution in [0.25, 0.3) is 0 Å². The van der Waals surface area contributed by atoms with Crippen LogP contribution < -0.4 is 19.1 Å². The van der Waals surface area contributed by atoms with E-state index < -0.39 is 32.5 Å². The van der Waals surface area contributed by atoms with E-state index in [1.165, 1.54) is 54.9 Å². The number of nitrogens with zero attached hydrogens (tertiary/aromatic N) is 2. The first-order chi connectivity index (χ1) is 16.5. The summed E-state index contributed by atoms with van der Waals surface area (Å²) < 4.78 is 63.8. The van der Waals surface area contributed by atoms with Crippen LogP contribution in [-0.4, -0.2) is 67.2 Å². The first kappa shape index (κ1) is 27.1. The van der Waals surface area contributed by atoms with Crippen molar-refractivity contribution >= 4 is 48.9 Å². The Kier molecular flexibility index (Phi) is 8.52. The van der Waals surface area contributed by atoms with Crippen molar-refractivity contribution in [2.24, 2.45) is 0 Å². The van der Waals surface area contributed by atoms with Gasteiger partial charge in [-0.25, -0.2) is 16.8 Å². The van der Waals surface area contributed by atoms with E-state index in [1.807, 2.05) is 0 Å². The molecule has 1 fully saturated rings. The number of amides is 1. The first-order valence-corrected chi connectivity index (χ1v) is 14.4. The van der Waals surface area contributed by atoms with Gasteiger partial charge in [-0.1, -0.05) is 18.0 Å². The highest BCUT2D eigenvalue weighted by molar-refractivity contribution is 7.92. The minimum Gasteiger partial charge on any atom is -0.495 e. The number of hydrogen-bond donors (Lipinski definition) is 1. The zero-order valence-electron chi connectivity index (χ0n) is 19.7. The number of halogens is 1. The molecule has 0 atom stereocenters. The van der Waals surface area contributed by atoms with E-state index in [2.05, 4.69) is 5.32 Å². The second-order valence-electron chi connectivity index (χ2n) is 7.97. The summed E-state index contributed by atoms with van der Waals surface area (Å²) in [5, 5.41) is 2.76. The van der Waals surface area contributed by atoms with Gasteiger partial charge in [0.15, 0.2) is 0 Å². The fourth-order valence-electron chi connectivity index (χ4n) is 3.74. The largest absolute Gasteiger partial charge is 0.495 e. The van der Waals surface area contributed by atoms with Crippen LogP contribution >= 0.6 is 11.6 Å². The monoisotopic (exact) mass is 545 g/mol. The normalized spacial score (nSPS) is 14.9. The quantitative estimate of drug-likeness (QED) is 0.514. The number of hydrogen-bond acceptors (Lipinski definition) is 7. The molecule has 192 valence electrons. The molecule has 1 N–H and O–H groups in total. The smallest absolute Gasteiger partial charge is 0.246 e. The van der Waals surface area contributed by atoms with Crippen molar-refractivity contribution in [1.82, 2.24) is 4.31 Å². The third-order valence-corrected chi connectivity index (χ3v) is 8.85. The summed E-state index contributed by atoms with van der Waals surface area (Å²) >= 11 is 6.12. The van der Waals surface area contributed by atoms with Crippen LogP contribution in [0, 0.1) is 0 Å². The Balaban J connectivity index is 1.86. The molecule has 0 saturated carbocycles. The molecule has 1 aliphatic rings. The van der Waals surface area contributed by atoms with Crippen molar-refractivity contribution < 1.29 is 31.1 Å². The predicted octanol–water partition coefficient (Wildman–Crippen LogP) is 2.94. The maximum atomic E-state index is 13.2. The Morgan fingerprint density at radius 3 is 2.20 bits per heavy atom. The highest BCUT2D eigenvalue weighted by Crippen LogP contribution is 2.32. The molecule has 2 aromatic carbocycles. The number of piperidine rings is 1. The lowest BCUT2D eigenvalue weighted by atomic mass is 10.2. The second kappa shape index (κ2) is 11.0. The number of nitrogens with one attached hydrogen (secondary N) is 1. The van der Waals surface area contributed by atoms with Gasteiger partial charge in [0.25, 0.3) is 0 Å². The highest BCUT2D eigenvalue weighted by atomic mass is 35.5. The fraction of sp³-hybridized carbons (Fsp3) is 0.409. The molecule has 3 rings (SSSR count). The van der Waals surface area contributed by atoms with Crippen LogP contribution in [0.3, 0.4) is 0 Å². The van der Waals surface area contributed by atoms with E-state index in [4.69, 9.17) is 21.1 Å². The van der Waals surface area contributed by atoms with Crippen molar-refractivity contribution in [3.8, 4) is 11.5 Å². The summed E-state index contributed by atoms with van der Waals surface area (Å²) in [6, 6.07) is 8.59. The van der Waals surface area contributed by atoms with Gasteiger partial charge >= 0.3 is 0 Å². The minimum absolute atomic E-state index is 0.0680. The van der Waals surface area contributed by atoms with Gasteiger partial charge < -0.3 is 14.8 Å². The van der Waals surface area contributed by atoms with Gasteiger partial charge in [-0.2, -0.15) is 4.31 Å². The zero-order chi connectivity index (χ0) is 25.8. The average Bonchev–Trinajstić information content (AvgIpc) is 2.82. The molecule has 1 aliphatic heterocycles. The van der Waals surface area contributed by atoms with E-state index >= 15 is 0 Å². The number of sulfonamides is 2. The van der Waals surface area contributed by atoms with E-state index in [9.17, 15) is 21.6 Å². The topological polar surface area (TPSA) is 122 Å². The molecule has 0 aromatic heterocycles. The summed E-state index contributed by atoms with van der Waals surface area (Å²) in [7, 11) is -4.89. The minimum atomic E-state index is -3.85. The number of methoxy groups -OCH3 is 2. The Hall–Kier alpha value is -2.54. The van der Waals surface area contributed by atoms with Crippen LogP contribution in [-0.2, 0) is 24.8 Å². The van der Waals surface area contributed by atoms with Gasteiger partial charge in [0, 0.05) is 18.8 Å². The van der Waals surface area contributed by atoms with Crippen molar-refractivity contribution in [3.63, 3.8) is 0 Å². The molecular formula is C22H28ClN3O7S2. The molecule has 1 saturated heterocycles. The number of carbonyl (C=O) groups excluding carboxylic acids is 1. The molecule has 0 radical (unpaired) electrons. The SMILES string of the molecule is COc1ccc(N(CC(=O)Nc2ccc(OC)c(S(=O)(=O)N3CCCCC3)c2)S(C)(=O)=O)cc1Cl. The van der Waals surface area contributed by atoms with Crippen LogP contribution in [0.1, 0.15) is 19.3 Å². The molecule has 1 heterocycles. The number of ether oxygens (including phenoxy) is 2. The van der Waals surface area contributed by atoms with E-state index in [0.717, 1.165) is 29.8 Å². The molecule has 35 heavy (non-hydrogen) atoms. The summed E-state index contributed by atoms with van der Waals surface area (Å²) in [5.41, 5.74) is 0.365. The molecule has 2 aromatic rings. The Morgan fingerprint density at radius 1 is 1.00 bits per heavy atom. The molecule has 0 unspecified atom stereocenters. The van der Waals surface area contributed by atoms with Gasteiger partial charge in [0.05, 0.1) is 31.2 Å². The summed E-state index contributed by atoms with van der Waals surface area (Å²) in [6.45, 7) is 0.271. The Bertz CT molecular complexity index is 1290. The molecule has 0 aliphatic carbocycles. The van der Waals surface area contributed by atoms with Gasteiger partial charge in [-0.05, 0) is 49.2 Å². The van der Waals surface area contributed by atoms with Crippen LogP contribution in [0.4, 0.5) is 11.4 Å². The van der Waals surface area contributed by atoms with Crippen molar-refractivity contribution in [2.45, 2.75) is 24.2 Å². The van der Waals surface area contributed by atoms with E-state index in [0.29, 0.717) is 18.8 Å². The van der Waals surface area contributed by atoms with Gasteiger partial charge in [-0.3, -0.25) is 9.10 Å². The molecule has 10 nitrogen and oxygen atoms in total. The standard InChI is InChI=1S/C22H28ClN3O7S2/c1-32-19-10-8-17(14-18(19)23)26(34(3,28)29)15-22(27)24-16-7-9-20(33-2)21(13-16)35(30,31)25-11-5-4-6-12-25/h7-10,13-14H,4-6,11-12,15H2,1-3H3,(H,24,27). The highest BCUT2D eigenvalue weighted by Gasteiger charge is 2.29. The molecule has 1 amide bonds. The maximum Gasteiger partial charge on any atom is 0.246 e. The number of benzene rings is 2. The second-order valence-corrected chi connectivity index (χ2v) is 12.2. The summed E-state index contributed by atoms with van der Waals surface area (Å²) in [6.07, 6.45) is 3.48.